The van der Waals surface area contributed by atoms with Gasteiger partial charge in [-0.1, -0.05) is 19.3 Å². The topological polar surface area (TPSA) is 45.2 Å². The number of carbonyl (C=O) groups is 1. The van der Waals surface area contributed by atoms with Gasteiger partial charge in [-0.3, -0.25) is 4.79 Å². The molecule has 0 aromatic carbocycles. The minimum atomic E-state index is 0.0620. The fraction of sp³-hybridized carbons (Fsp3) is 0.714. The Bertz CT molecular complexity index is 436. The van der Waals surface area contributed by atoms with E-state index in [-0.39, 0.29) is 5.91 Å². The lowest BCUT2D eigenvalue weighted by Gasteiger charge is -2.22. The van der Waals surface area contributed by atoms with Gasteiger partial charge >= 0.3 is 0 Å². The van der Waals surface area contributed by atoms with Gasteiger partial charge in [0, 0.05) is 12.6 Å². The van der Waals surface area contributed by atoms with Crippen LogP contribution in [0.15, 0.2) is 0 Å². The van der Waals surface area contributed by atoms with Gasteiger partial charge in [-0.05, 0) is 33.9 Å². The number of nitrogens with zero attached hydrogens (tertiary/aromatic N) is 2. The summed E-state index contributed by atoms with van der Waals surface area (Å²) in [4.78, 5) is 19.6. The third-order valence-electron chi connectivity index (χ3n) is 3.44. The van der Waals surface area contributed by atoms with Crippen molar-refractivity contribution in [2.45, 2.75) is 51.6 Å². The van der Waals surface area contributed by atoms with Crippen LogP contribution in [0.5, 0.6) is 0 Å². The minimum Gasteiger partial charge on any atom is -0.349 e. The maximum atomic E-state index is 12.3. The predicted molar refractivity (Wildman–Crippen MR) is 78.6 cm³/mol. The first-order chi connectivity index (χ1) is 9.06. The molecular formula is C14H23N3OS. The Morgan fingerprint density at radius 1 is 1.37 bits per heavy atom. The fourth-order valence-electron chi connectivity index (χ4n) is 2.50. The molecule has 1 fully saturated rings. The second-order valence-corrected chi connectivity index (χ2v) is 6.65. The molecule has 1 aromatic heterocycles. The van der Waals surface area contributed by atoms with Crippen LogP contribution in [0.2, 0.25) is 0 Å². The van der Waals surface area contributed by atoms with Crippen LogP contribution in [0.1, 0.15) is 52.5 Å². The van der Waals surface area contributed by atoms with Gasteiger partial charge < -0.3 is 10.2 Å². The molecule has 0 saturated heterocycles. The summed E-state index contributed by atoms with van der Waals surface area (Å²) in [6, 6.07) is 0.361. The summed E-state index contributed by atoms with van der Waals surface area (Å²) in [7, 11) is 4.02. The molecule has 4 nitrogen and oxygen atoms in total. The third kappa shape index (κ3) is 4.01. The molecule has 0 atom stereocenters. The molecule has 0 radical (unpaired) electrons. The molecule has 1 amide bonds. The molecule has 0 bridgehead atoms. The Kier molecular flexibility index (Phi) is 4.93. The molecule has 2 rings (SSSR count). The van der Waals surface area contributed by atoms with Gasteiger partial charge in [-0.2, -0.15) is 0 Å². The van der Waals surface area contributed by atoms with E-state index in [9.17, 15) is 4.79 Å². The Morgan fingerprint density at radius 3 is 2.68 bits per heavy atom. The summed E-state index contributed by atoms with van der Waals surface area (Å²) >= 11 is 1.52. The fourth-order valence-corrected chi connectivity index (χ4v) is 3.58. The lowest BCUT2D eigenvalue weighted by molar-refractivity contribution is 0.0931. The Hall–Kier alpha value is -0.940. The van der Waals surface area contributed by atoms with Crippen molar-refractivity contribution in [1.29, 1.82) is 0 Å². The maximum Gasteiger partial charge on any atom is 0.263 e. The van der Waals surface area contributed by atoms with Crippen LogP contribution in [0.25, 0.3) is 0 Å². The molecule has 19 heavy (non-hydrogen) atoms. The van der Waals surface area contributed by atoms with Crippen molar-refractivity contribution in [3.8, 4) is 0 Å². The van der Waals surface area contributed by atoms with E-state index in [1.807, 2.05) is 21.0 Å². The average Bonchev–Trinajstić information content (AvgIpc) is 2.70. The summed E-state index contributed by atoms with van der Waals surface area (Å²) in [5, 5.41) is 4.17. The Balaban J connectivity index is 1.99. The first-order valence-corrected chi connectivity index (χ1v) is 7.80. The summed E-state index contributed by atoms with van der Waals surface area (Å²) in [6.45, 7) is 2.72. The molecule has 0 spiro atoms. The standard InChI is InChI=1S/C14H23N3OS/c1-10-13(19-12(15-10)9-17(2)3)14(18)16-11-7-5-4-6-8-11/h11H,4-9H2,1-3H3,(H,16,18). The molecule has 1 aliphatic carbocycles. The lowest BCUT2D eigenvalue weighted by Crippen LogP contribution is -2.36. The highest BCUT2D eigenvalue weighted by Gasteiger charge is 2.20. The maximum absolute atomic E-state index is 12.3. The highest BCUT2D eigenvalue weighted by Crippen LogP contribution is 2.21. The van der Waals surface area contributed by atoms with Crippen LogP contribution in [-0.2, 0) is 6.54 Å². The number of hydrogen-bond acceptors (Lipinski definition) is 4. The first-order valence-electron chi connectivity index (χ1n) is 6.98. The van der Waals surface area contributed by atoms with E-state index in [1.165, 1.54) is 30.6 Å². The second kappa shape index (κ2) is 6.48. The van der Waals surface area contributed by atoms with Gasteiger partial charge in [0.25, 0.3) is 5.91 Å². The smallest absolute Gasteiger partial charge is 0.263 e. The number of aryl methyl sites for hydroxylation is 1. The van der Waals surface area contributed by atoms with Crippen molar-refractivity contribution in [1.82, 2.24) is 15.2 Å². The number of carbonyl (C=O) groups excluding carboxylic acids is 1. The number of rotatable bonds is 4. The Labute approximate surface area is 119 Å². The molecule has 1 aromatic rings. The summed E-state index contributed by atoms with van der Waals surface area (Å²) in [6.07, 6.45) is 6.01. The molecular weight excluding hydrogens is 258 g/mol. The van der Waals surface area contributed by atoms with Crippen LogP contribution in [0, 0.1) is 6.92 Å². The zero-order chi connectivity index (χ0) is 13.8. The summed E-state index contributed by atoms with van der Waals surface area (Å²) in [5.41, 5.74) is 0.857. The van der Waals surface area contributed by atoms with Crippen molar-refractivity contribution in [3.05, 3.63) is 15.6 Å². The molecule has 0 unspecified atom stereocenters. The van der Waals surface area contributed by atoms with E-state index < -0.39 is 0 Å². The van der Waals surface area contributed by atoms with E-state index in [4.69, 9.17) is 0 Å². The molecule has 1 N–H and O–H groups in total. The number of thiazole rings is 1. The van der Waals surface area contributed by atoms with Crippen LogP contribution in [-0.4, -0.2) is 35.9 Å². The van der Waals surface area contributed by atoms with Crippen LogP contribution < -0.4 is 5.32 Å². The predicted octanol–water partition coefficient (Wildman–Crippen LogP) is 2.58. The molecule has 5 heteroatoms. The third-order valence-corrected chi connectivity index (χ3v) is 4.58. The Morgan fingerprint density at radius 2 is 2.05 bits per heavy atom. The molecule has 0 aliphatic heterocycles. The molecule has 1 aliphatic rings. The van der Waals surface area contributed by atoms with Gasteiger partial charge in [0.05, 0.1) is 5.69 Å². The minimum absolute atomic E-state index is 0.0620. The number of aromatic nitrogens is 1. The zero-order valence-electron chi connectivity index (χ0n) is 12.0. The van der Waals surface area contributed by atoms with Crippen LogP contribution >= 0.6 is 11.3 Å². The van der Waals surface area contributed by atoms with E-state index in [1.54, 1.807) is 0 Å². The number of amides is 1. The SMILES string of the molecule is Cc1nc(CN(C)C)sc1C(=O)NC1CCCCC1. The normalized spacial score (nSPS) is 16.8. The van der Waals surface area contributed by atoms with Gasteiger partial charge in [0.15, 0.2) is 0 Å². The highest BCUT2D eigenvalue weighted by molar-refractivity contribution is 7.13. The molecule has 1 saturated carbocycles. The van der Waals surface area contributed by atoms with Crippen molar-refractivity contribution in [2.24, 2.45) is 0 Å². The van der Waals surface area contributed by atoms with Crippen molar-refractivity contribution in [2.75, 3.05) is 14.1 Å². The largest absolute Gasteiger partial charge is 0.349 e. The highest BCUT2D eigenvalue weighted by atomic mass is 32.1. The zero-order valence-corrected chi connectivity index (χ0v) is 12.8. The summed E-state index contributed by atoms with van der Waals surface area (Å²) < 4.78 is 0. The van der Waals surface area contributed by atoms with Gasteiger partial charge in [-0.25, -0.2) is 4.98 Å². The van der Waals surface area contributed by atoms with Crippen molar-refractivity contribution < 1.29 is 4.79 Å². The molecule has 1 heterocycles. The first kappa shape index (κ1) is 14.5. The van der Waals surface area contributed by atoms with Gasteiger partial charge in [0.1, 0.15) is 9.88 Å². The number of nitrogens with one attached hydrogen (secondary N) is 1. The molecule has 106 valence electrons. The second-order valence-electron chi connectivity index (χ2n) is 5.57. The number of hydrogen-bond donors (Lipinski definition) is 1. The van der Waals surface area contributed by atoms with Crippen LogP contribution in [0.3, 0.4) is 0 Å². The van der Waals surface area contributed by atoms with Crippen molar-refractivity contribution >= 4 is 17.2 Å². The van der Waals surface area contributed by atoms with E-state index in [0.29, 0.717) is 6.04 Å². The average molecular weight is 281 g/mol. The monoisotopic (exact) mass is 281 g/mol. The van der Waals surface area contributed by atoms with E-state index in [2.05, 4.69) is 15.2 Å². The van der Waals surface area contributed by atoms with Crippen LogP contribution in [0.4, 0.5) is 0 Å². The van der Waals surface area contributed by atoms with E-state index in [0.717, 1.165) is 35.0 Å². The summed E-state index contributed by atoms with van der Waals surface area (Å²) in [5.74, 6) is 0.0620. The lowest BCUT2D eigenvalue weighted by atomic mass is 9.95. The van der Waals surface area contributed by atoms with E-state index >= 15 is 0 Å². The quantitative estimate of drug-likeness (QED) is 0.922. The van der Waals surface area contributed by atoms with Gasteiger partial charge in [0.2, 0.25) is 0 Å². The van der Waals surface area contributed by atoms with Crippen molar-refractivity contribution in [3.63, 3.8) is 0 Å². The van der Waals surface area contributed by atoms with Gasteiger partial charge in [-0.15, -0.1) is 11.3 Å².